The summed E-state index contributed by atoms with van der Waals surface area (Å²) in [4.78, 5) is 18.3. The van der Waals surface area contributed by atoms with E-state index >= 15 is 0 Å². The van der Waals surface area contributed by atoms with Crippen LogP contribution in [0.1, 0.15) is 16.8 Å². The maximum atomic E-state index is 12.4. The van der Waals surface area contributed by atoms with Crippen molar-refractivity contribution in [3.63, 3.8) is 0 Å². The molecule has 1 aromatic carbocycles. The third kappa shape index (κ3) is 3.26. The van der Waals surface area contributed by atoms with E-state index in [4.69, 9.17) is 4.74 Å². The van der Waals surface area contributed by atoms with Crippen LogP contribution in [0.3, 0.4) is 0 Å². The van der Waals surface area contributed by atoms with Crippen molar-refractivity contribution in [2.45, 2.75) is 12.5 Å². The lowest BCUT2D eigenvalue weighted by Crippen LogP contribution is -2.38. The number of nitrogens with zero attached hydrogens (tertiary/aromatic N) is 2. The van der Waals surface area contributed by atoms with Crippen molar-refractivity contribution in [2.75, 3.05) is 20.1 Å². The lowest BCUT2D eigenvalue weighted by atomic mass is 10.1. The number of ether oxygens (including phenoxy) is 1. The predicted molar refractivity (Wildman–Crippen MR) is 84.1 cm³/mol. The number of likely N-dealkylation sites (N-methyl/N-ethyl adjacent to an activating group) is 1. The minimum absolute atomic E-state index is 0.0432. The van der Waals surface area contributed by atoms with Gasteiger partial charge in [-0.3, -0.25) is 9.78 Å². The quantitative estimate of drug-likeness (QED) is 0.941. The highest BCUT2D eigenvalue weighted by Gasteiger charge is 2.23. The fourth-order valence-corrected chi connectivity index (χ4v) is 2.55. The van der Waals surface area contributed by atoms with E-state index in [9.17, 15) is 4.79 Å². The van der Waals surface area contributed by atoms with Gasteiger partial charge in [0.05, 0.1) is 6.20 Å². The molecule has 1 fully saturated rings. The van der Waals surface area contributed by atoms with Gasteiger partial charge >= 0.3 is 0 Å². The Hall–Kier alpha value is -2.40. The van der Waals surface area contributed by atoms with Gasteiger partial charge < -0.3 is 15.0 Å². The summed E-state index contributed by atoms with van der Waals surface area (Å²) in [6.45, 7) is 1.84. The Morgan fingerprint density at radius 1 is 1.27 bits per heavy atom. The zero-order chi connectivity index (χ0) is 15.4. The first-order chi connectivity index (χ1) is 10.7. The molecule has 5 nitrogen and oxygen atoms in total. The summed E-state index contributed by atoms with van der Waals surface area (Å²) in [7, 11) is 1.86. The molecule has 0 saturated carbocycles. The average Bonchev–Trinajstić information content (AvgIpc) is 3.10. The van der Waals surface area contributed by atoms with Gasteiger partial charge in [0.25, 0.3) is 5.91 Å². The van der Waals surface area contributed by atoms with Crippen LogP contribution in [-0.4, -0.2) is 42.0 Å². The first kappa shape index (κ1) is 14.5. The van der Waals surface area contributed by atoms with Crippen LogP contribution in [0.5, 0.6) is 11.5 Å². The number of hydrogen-bond donors (Lipinski definition) is 1. The largest absolute Gasteiger partial charge is 0.456 e. The SMILES string of the molecule is CN(C(=O)c1ccc(Oc2cccnc2)cc1)C1CCNC1. The highest BCUT2D eigenvalue weighted by molar-refractivity contribution is 5.94. The van der Waals surface area contributed by atoms with Gasteiger partial charge in [-0.25, -0.2) is 0 Å². The van der Waals surface area contributed by atoms with Crippen molar-refractivity contribution in [3.8, 4) is 11.5 Å². The molecule has 0 bridgehead atoms. The molecule has 22 heavy (non-hydrogen) atoms. The molecule has 1 unspecified atom stereocenters. The average molecular weight is 297 g/mol. The molecule has 0 aliphatic carbocycles. The second-order valence-corrected chi connectivity index (χ2v) is 5.38. The molecule has 5 heteroatoms. The number of benzene rings is 1. The van der Waals surface area contributed by atoms with Crippen molar-refractivity contribution in [1.82, 2.24) is 15.2 Å². The minimum Gasteiger partial charge on any atom is -0.456 e. The molecule has 1 aliphatic heterocycles. The van der Waals surface area contributed by atoms with E-state index in [-0.39, 0.29) is 11.9 Å². The van der Waals surface area contributed by atoms with Crippen LogP contribution in [0.15, 0.2) is 48.8 Å². The van der Waals surface area contributed by atoms with E-state index in [2.05, 4.69) is 10.3 Å². The topological polar surface area (TPSA) is 54.5 Å². The van der Waals surface area contributed by atoms with Gasteiger partial charge in [0, 0.05) is 31.4 Å². The Morgan fingerprint density at radius 3 is 2.73 bits per heavy atom. The molecule has 1 amide bonds. The predicted octanol–water partition coefficient (Wildman–Crippen LogP) is 2.31. The molecule has 1 N–H and O–H groups in total. The van der Waals surface area contributed by atoms with Crippen LogP contribution < -0.4 is 10.1 Å². The van der Waals surface area contributed by atoms with Crippen LogP contribution in [-0.2, 0) is 0 Å². The third-order valence-corrected chi connectivity index (χ3v) is 3.87. The first-order valence-electron chi connectivity index (χ1n) is 7.40. The highest BCUT2D eigenvalue weighted by Crippen LogP contribution is 2.21. The van der Waals surface area contributed by atoms with E-state index in [1.54, 1.807) is 36.7 Å². The summed E-state index contributed by atoms with van der Waals surface area (Å²) in [6, 6.07) is 11.1. The van der Waals surface area contributed by atoms with E-state index in [1.807, 2.05) is 24.1 Å². The van der Waals surface area contributed by atoms with Crippen LogP contribution >= 0.6 is 0 Å². The Morgan fingerprint density at radius 2 is 2.09 bits per heavy atom. The number of amides is 1. The van der Waals surface area contributed by atoms with Gasteiger partial charge in [-0.2, -0.15) is 0 Å². The van der Waals surface area contributed by atoms with Gasteiger partial charge in [-0.05, 0) is 49.4 Å². The van der Waals surface area contributed by atoms with Crippen molar-refractivity contribution >= 4 is 5.91 Å². The highest BCUT2D eigenvalue weighted by atomic mass is 16.5. The summed E-state index contributed by atoms with van der Waals surface area (Å²) in [5.41, 5.74) is 0.674. The van der Waals surface area contributed by atoms with Crippen LogP contribution in [0.2, 0.25) is 0 Å². The summed E-state index contributed by atoms with van der Waals surface area (Å²) in [5.74, 6) is 1.41. The van der Waals surface area contributed by atoms with Crippen LogP contribution in [0.4, 0.5) is 0 Å². The number of pyridine rings is 1. The Kier molecular flexibility index (Phi) is 4.34. The summed E-state index contributed by atoms with van der Waals surface area (Å²) < 4.78 is 5.68. The summed E-state index contributed by atoms with van der Waals surface area (Å²) >= 11 is 0. The number of carbonyl (C=O) groups is 1. The number of nitrogens with one attached hydrogen (secondary N) is 1. The maximum absolute atomic E-state index is 12.4. The molecule has 1 atom stereocenters. The summed E-state index contributed by atoms with van der Waals surface area (Å²) in [6.07, 6.45) is 4.35. The lowest BCUT2D eigenvalue weighted by Gasteiger charge is -2.23. The molecule has 3 rings (SSSR count). The molecule has 1 aliphatic rings. The Bertz CT molecular complexity index is 622. The third-order valence-electron chi connectivity index (χ3n) is 3.87. The molecule has 0 spiro atoms. The Labute approximate surface area is 129 Å². The van der Waals surface area contributed by atoms with Crippen LogP contribution in [0.25, 0.3) is 0 Å². The fraction of sp³-hybridized carbons (Fsp3) is 0.294. The monoisotopic (exact) mass is 297 g/mol. The van der Waals surface area contributed by atoms with E-state index in [0.29, 0.717) is 17.1 Å². The second-order valence-electron chi connectivity index (χ2n) is 5.38. The van der Waals surface area contributed by atoms with E-state index in [0.717, 1.165) is 19.5 Å². The smallest absolute Gasteiger partial charge is 0.253 e. The fourth-order valence-electron chi connectivity index (χ4n) is 2.55. The number of aromatic nitrogens is 1. The number of carbonyl (C=O) groups excluding carboxylic acids is 1. The summed E-state index contributed by atoms with van der Waals surface area (Å²) in [5, 5.41) is 3.28. The van der Waals surface area contributed by atoms with Gasteiger partial charge in [0.15, 0.2) is 0 Å². The molecule has 1 saturated heterocycles. The van der Waals surface area contributed by atoms with Gasteiger partial charge in [-0.1, -0.05) is 0 Å². The first-order valence-corrected chi connectivity index (χ1v) is 7.40. The van der Waals surface area contributed by atoms with Crippen molar-refractivity contribution < 1.29 is 9.53 Å². The van der Waals surface area contributed by atoms with E-state index in [1.165, 1.54) is 0 Å². The molecule has 114 valence electrons. The minimum atomic E-state index is 0.0432. The van der Waals surface area contributed by atoms with Crippen molar-refractivity contribution in [1.29, 1.82) is 0 Å². The van der Waals surface area contributed by atoms with Crippen LogP contribution in [0, 0.1) is 0 Å². The normalized spacial score (nSPS) is 17.2. The Balaban J connectivity index is 1.67. The number of rotatable bonds is 4. The van der Waals surface area contributed by atoms with Crippen molar-refractivity contribution in [3.05, 3.63) is 54.4 Å². The van der Waals surface area contributed by atoms with Gasteiger partial charge in [-0.15, -0.1) is 0 Å². The second kappa shape index (κ2) is 6.58. The molecular weight excluding hydrogens is 278 g/mol. The molecule has 1 aromatic heterocycles. The van der Waals surface area contributed by atoms with Gasteiger partial charge in [0.1, 0.15) is 11.5 Å². The molecular formula is C17H19N3O2. The number of hydrogen-bond acceptors (Lipinski definition) is 4. The van der Waals surface area contributed by atoms with Gasteiger partial charge in [0.2, 0.25) is 0 Å². The maximum Gasteiger partial charge on any atom is 0.253 e. The van der Waals surface area contributed by atoms with Crippen molar-refractivity contribution in [2.24, 2.45) is 0 Å². The molecule has 2 aromatic rings. The standard InChI is InChI=1S/C17H19N3O2/c1-20(14-8-10-19-11-14)17(21)13-4-6-15(7-5-13)22-16-3-2-9-18-12-16/h2-7,9,12,14,19H,8,10-11H2,1H3. The zero-order valence-electron chi connectivity index (χ0n) is 12.5. The molecule has 0 radical (unpaired) electrons. The molecule has 2 heterocycles. The lowest BCUT2D eigenvalue weighted by molar-refractivity contribution is 0.0744. The van der Waals surface area contributed by atoms with E-state index < -0.39 is 0 Å². The zero-order valence-corrected chi connectivity index (χ0v) is 12.5.